The summed E-state index contributed by atoms with van der Waals surface area (Å²) >= 11 is 1.80. The van der Waals surface area contributed by atoms with Crippen LogP contribution in [0.5, 0.6) is 0 Å². The Morgan fingerprint density at radius 1 is 1.35 bits per heavy atom. The number of para-hydroxylation sites is 1. The largest absolute Gasteiger partial charge is 0.385 e. The Morgan fingerprint density at radius 2 is 2.10 bits per heavy atom. The average molecular weight is 296 g/mol. The normalized spacial score (nSPS) is 22.4. The van der Waals surface area contributed by atoms with E-state index >= 15 is 0 Å². The molecule has 0 aromatic heterocycles. The standard InChI is InChI=1S/C15H21FN2OS/c1-17-14-10(6-5-7-11(14)16)15(19)18-12-8-3-4-9-13(12)20-2/h5-7,12-13,17H,3-4,8-9H2,1-2H3,(H,18,19). The highest BCUT2D eigenvalue weighted by molar-refractivity contribution is 7.99. The number of carbonyl (C=O) groups is 1. The molecule has 2 rings (SSSR count). The maximum absolute atomic E-state index is 13.7. The molecule has 20 heavy (non-hydrogen) atoms. The van der Waals surface area contributed by atoms with Crippen molar-refractivity contribution in [2.24, 2.45) is 0 Å². The van der Waals surface area contributed by atoms with Crippen molar-refractivity contribution in [3.05, 3.63) is 29.6 Å². The topological polar surface area (TPSA) is 41.1 Å². The number of carbonyl (C=O) groups excluding carboxylic acids is 1. The molecule has 0 saturated heterocycles. The molecule has 0 heterocycles. The lowest BCUT2D eigenvalue weighted by Crippen LogP contribution is -2.43. The second-order valence-electron chi connectivity index (χ2n) is 5.05. The van der Waals surface area contributed by atoms with Crippen molar-refractivity contribution in [1.82, 2.24) is 5.32 Å². The van der Waals surface area contributed by atoms with E-state index in [1.165, 1.54) is 12.5 Å². The summed E-state index contributed by atoms with van der Waals surface area (Å²) in [5.41, 5.74) is 0.638. The molecule has 1 aliphatic rings. The van der Waals surface area contributed by atoms with Crippen LogP contribution in [0.1, 0.15) is 36.0 Å². The summed E-state index contributed by atoms with van der Waals surface area (Å²) in [6, 6.07) is 4.76. The summed E-state index contributed by atoms with van der Waals surface area (Å²) in [4.78, 5) is 12.4. The van der Waals surface area contributed by atoms with Gasteiger partial charge in [-0.2, -0.15) is 11.8 Å². The molecular formula is C15H21FN2OS. The molecule has 1 fully saturated rings. The molecule has 110 valence electrons. The second kappa shape index (κ2) is 6.97. The van der Waals surface area contributed by atoms with Crippen LogP contribution in [0.4, 0.5) is 10.1 Å². The first-order valence-corrected chi connectivity index (χ1v) is 8.26. The number of anilines is 1. The minimum atomic E-state index is -0.398. The van der Waals surface area contributed by atoms with E-state index in [1.807, 2.05) is 0 Å². The summed E-state index contributed by atoms with van der Waals surface area (Å²) in [6.07, 6.45) is 6.58. The van der Waals surface area contributed by atoms with E-state index < -0.39 is 5.82 Å². The summed E-state index contributed by atoms with van der Waals surface area (Å²) < 4.78 is 13.7. The summed E-state index contributed by atoms with van der Waals surface area (Å²) in [6.45, 7) is 0. The highest BCUT2D eigenvalue weighted by Crippen LogP contribution is 2.28. The van der Waals surface area contributed by atoms with Crippen molar-refractivity contribution in [2.75, 3.05) is 18.6 Å². The van der Waals surface area contributed by atoms with Gasteiger partial charge in [0.1, 0.15) is 5.82 Å². The second-order valence-corrected chi connectivity index (χ2v) is 6.13. The van der Waals surface area contributed by atoms with E-state index in [9.17, 15) is 9.18 Å². The van der Waals surface area contributed by atoms with Gasteiger partial charge in [-0.15, -0.1) is 0 Å². The number of thioether (sulfide) groups is 1. The molecule has 1 aliphatic carbocycles. The Balaban J connectivity index is 2.13. The van der Waals surface area contributed by atoms with Gasteiger partial charge in [0.2, 0.25) is 0 Å². The highest BCUT2D eigenvalue weighted by atomic mass is 32.2. The lowest BCUT2D eigenvalue weighted by atomic mass is 9.94. The SMILES string of the molecule is CNc1c(F)cccc1C(=O)NC1CCCCC1SC. The molecular weight excluding hydrogens is 275 g/mol. The zero-order valence-electron chi connectivity index (χ0n) is 11.9. The van der Waals surface area contributed by atoms with E-state index in [2.05, 4.69) is 16.9 Å². The van der Waals surface area contributed by atoms with Gasteiger partial charge in [-0.1, -0.05) is 18.9 Å². The summed E-state index contributed by atoms with van der Waals surface area (Å²) in [5, 5.41) is 6.30. The first kappa shape index (κ1) is 15.2. The van der Waals surface area contributed by atoms with Crippen LogP contribution >= 0.6 is 11.8 Å². The Bertz CT molecular complexity index is 481. The van der Waals surface area contributed by atoms with Crippen molar-refractivity contribution < 1.29 is 9.18 Å². The first-order valence-electron chi connectivity index (χ1n) is 6.97. The van der Waals surface area contributed by atoms with Crippen LogP contribution in [0.3, 0.4) is 0 Å². The summed E-state index contributed by atoms with van der Waals surface area (Å²) in [7, 11) is 1.63. The fourth-order valence-corrected chi connectivity index (χ4v) is 3.69. The van der Waals surface area contributed by atoms with Crippen molar-refractivity contribution >= 4 is 23.4 Å². The molecule has 0 spiro atoms. The summed E-state index contributed by atoms with van der Waals surface area (Å²) in [5.74, 6) is -0.593. The van der Waals surface area contributed by atoms with Gasteiger partial charge in [0, 0.05) is 18.3 Å². The molecule has 1 saturated carbocycles. The molecule has 0 bridgehead atoms. The Labute approximate surface area is 123 Å². The predicted octanol–water partition coefficient (Wildman–Crippen LogP) is 3.27. The van der Waals surface area contributed by atoms with Crippen LogP contribution < -0.4 is 10.6 Å². The van der Waals surface area contributed by atoms with Crippen molar-refractivity contribution in [1.29, 1.82) is 0 Å². The van der Waals surface area contributed by atoms with Crippen molar-refractivity contribution in [2.45, 2.75) is 37.0 Å². The number of amides is 1. The first-order chi connectivity index (χ1) is 9.67. The number of rotatable bonds is 4. The van der Waals surface area contributed by atoms with Crippen LogP contribution in [-0.4, -0.2) is 30.5 Å². The Morgan fingerprint density at radius 3 is 2.80 bits per heavy atom. The molecule has 1 amide bonds. The van der Waals surface area contributed by atoms with Gasteiger partial charge >= 0.3 is 0 Å². The van der Waals surface area contributed by atoms with Crippen LogP contribution in [0.25, 0.3) is 0 Å². The third-order valence-electron chi connectivity index (χ3n) is 3.83. The van der Waals surface area contributed by atoms with Crippen molar-refractivity contribution in [3.8, 4) is 0 Å². The van der Waals surface area contributed by atoms with Gasteiger partial charge < -0.3 is 10.6 Å². The lowest BCUT2D eigenvalue weighted by molar-refractivity contribution is 0.0930. The van der Waals surface area contributed by atoms with Crippen molar-refractivity contribution in [3.63, 3.8) is 0 Å². The molecule has 2 N–H and O–H groups in total. The maximum Gasteiger partial charge on any atom is 0.253 e. The van der Waals surface area contributed by atoms with Gasteiger partial charge in [-0.25, -0.2) is 4.39 Å². The molecule has 0 aliphatic heterocycles. The quantitative estimate of drug-likeness (QED) is 0.896. The fraction of sp³-hybridized carbons (Fsp3) is 0.533. The third kappa shape index (κ3) is 3.26. The number of halogens is 1. The van der Waals surface area contributed by atoms with E-state index in [0.29, 0.717) is 10.8 Å². The molecule has 5 heteroatoms. The minimum Gasteiger partial charge on any atom is -0.385 e. The van der Waals surface area contributed by atoms with Crippen LogP contribution in [0.15, 0.2) is 18.2 Å². The minimum absolute atomic E-state index is 0.180. The van der Waals surface area contributed by atoms with Gasteiger partial charge in [0.15, 0.2) is 0 Å². The van der Waals surface area contributed by atoms with E-state index in [0.717, 1.165) is 19.3 Å². The number of hydrogen-bond acceptors (Lipinski definition) is 3. The third-order valence-corrected chi connectivity index (χ3v) is 5.00. The van der Waals surface area contributed by atoms with Crippen LogP contribution in [0, 0.1) is 5.82 Å². The fourth-order valence-electron chi connectivity index (χ4n) is 2.76. The molecule has 0 radical (unpaired) electrons. The smallest absolute Gasteiger partial charge is 0.253 e. The van der Waals surface area contributed by atoms with Crippen LogP contribution in [-0.2, 0) is 0 Å². The molecule has 2 unspecified atom stereocenters. The number of nitrogens with one attached hydrogen (secondary N) is 2. The van der Waals surface area contributed by atoms with Crippen LogP contribution in [0.2, 0.25) is 0 Å². The number of benzene rings is 1. The average Bonchev–Trinajstić information content (AvgIpc) is 2.47. The highest BCUT2D eigenvalue weighted by Gasteiger charge is 2.26. The molecule has 1 aromatic rings. The monoisotopic (exact) mass is 296 g/mol. The predicted molar refractivity (Wildman–Crippen MR) is 83.0 cm³/mol. The van der Waals surface area contributed by atoms with E-state index in [4.69, 9.17) is 0 Å². The molecule has 2 atom stereocenters. The van der Waals surface area contributed by atoms with Gasteiger partial charge in [0.25, 0.3) is 5.91 Å². The van der Waals surface area contributed by atoms with Gasteiger partial charge in [-0.3, -0.25) is 4.79 Å². The lowest BCUT2D eigenvalue weighted by Gasteiger charge is -2.31. The maximum atomic E-state index is 13.7. The van der Waals surface area contributed by atoms with Gasteiger partial charge in [-0.05, 0) is 31.2 Å². The van der Waals surface area contributed by atoms with Gasteiger partial charge in [0.05, 0.1) is 11.3 Å². The zero-order valence-corrected chi connectivity index (χ0v) is 12.7. The Hall–Kier alpha value is -1.23. The molecule has 1 aromatic carbocycles. The number of hydrogen-bond donors (Lipinski definition) is 2. The molecule has 3 nitrogen and oxygen atoms in total. The van der Waals surface area contributed by atoms with E-state index in [-0.39, 0.29) is 17.6 Å². The van der Waals surface area contributed by atoms with E-state index in [1.54, 1.807) is 30.9 Å². The Kier molecular flexibility index (Phi) is 5.29. The zero-order chi connectivity index (χ0) is 14.5.